The van der Waals surface area contributed by atoms with Gasteiger partial charge < -0.3 is 4.74 Å². The SMILES string of the molecule is Cc1cccc(CN2CCN(Cn3nc(-c4ccc(F)cc4)n(CC4CCCO4)c3=S)CC2)c1. The van der Waals surface area contributed by atoms with Crippen molar-refractivity contribution >= 4 is 12.2 Å². The van der Waals surface area contributed by atoms with Crippen LogP contribution in [-0.2, 0) is 24.5 Å². The van der Waals surface area contributed by atoms with E-state index in [9.17, 15) is 4.39 Å². The molecule has 34 heavy (non-hydrogen) atoms. The van der Waals surface area contributed by atoms with Crippen LogP contribution in [-0.4, -0.2) is 63.0 Å². The summed E-state index contributed by atoms with van der Waals surface area (Å²) >= 11 is 5.86. The van der Waals surface area contributed by atoms with Crippen molar-refractivity contribution in [3.8, 4) is 11.4 Å². The summed E-state index contributed by atoms with van der Waals surface area (Å²) in [6, 6.07) is 15.2. The fourth-order valence-electron chi connectivity index (χ4n) is 4.85. The van der Waals surface area contributed by atoms with E-state index >= 15 is 0 Å². The third kappa shape index (κ3) is 5.46. The van der Waals surface area contributed by atoms with Crippen LogP contribution in [0.2, 0.25) is 0 Å². The van der Waals surface area contributed by atoms with Gasteiger partial charge in [-0.05, 0) is 61.8 Å². The molecular weight excluding hydrogens is 449 g/mol. The number of hydrogen-bond acceptors (Lipinski definition) is 5. The molecule has 180 valence electrons. The van der Waals surface area contributed by atoms with Gasteiger partial charge in [-0.3, -0.25) is 14.4 Å². The predicted molar refractivity (Wildman–Crippen MR) is 133 cm³/mol. The smallest absolute Gasteiger partial charge is 0.199 e. The van der Waals surface area contributed by atoms with E-state index in [1.807, 2.05) is 4.68 Å². The molecule has 5 rings (SSSR count). The van der Waals surface area contributed by atoms with Crippen molar-refractivity contribution in [3.05, 3.63) is 70.2 Å². The van der Waals surface area contributed by atoms with Crippen LogP contribution in [0.5, 0.6) is 0 Å². The minimum Gasteiger partial charge on any atom is -0.376 e. The maximum absolute atomic E-state index is 13.5. The number of aryl methyl sites for hydroxylation is 1. The van der Waals surface area contributed by atoms with E-state index in [-0.39, 0.29) is 11.9 Å². The minimum atomic E-state index is -0.254. The molecule has 2 fully saturated rings. The van der Waals surface area contributed by atoms with Crippen LogP contribution in [0.3, 0.4) is 0 Å². The maximum Gasteiger partial charge on any atom is 0.199 e. The number of benzene rings is 2. The van der Waals surface area contributed by atoms with E-state index in [0.717, 1.165) is 63.6 Å². The molecule has 2 saturated heterocycles. The number of nitrogens with zero attached hydrogens (tertiary/aromatic N) is 5. The molecule has 0 radical (unpaired) electrons. The second-order valence-corrected chi connectivity index (χ2v) is 9.75. The Balaban J connectivity index is 1.29. The van der Waals surface area contributed by atoms with Crippen LogP contribution in [0.15, 0.2) is 48.5 Å². The van der Waals surface area contributed by atoms with Gasteiger partial charge in [0.25, 0.3) is 0 Å². The Bertz CT molecular complexity index is 1160. The second-order valence-electron chi connectivity index (χ2n) is 9.38. The summed E-state index contributed by atoms with van der Waals surface area (Å²) in [5.74, 6) is 0.523. The lowest BCUT2D eigenvalue weighted by molar-refractivity contribution is 0.0936. The first-order valence-electron chi connectivity index (χ1n) is 12.1. The van der Waals surface area contributed by atoms with Crippen LogP contribution < -0.4 is 0 Å². The average Bonchev–Trinajstić information content (AvgIpc) is 3.45. The van der Waals surface area contributed by atoms with Gasteiger partial charge in [0.05, 0.1) is 19.3 Å². The molecule has 2 aliphatic rings. The predicted octanol–water partition coefficient (Wildman–Crippen LogP) is 4.48. The van der Waals surface area contributed by atoms with E-state index in [2.05, 4.69) is 45.6 Å². The minimum absolute atomic E-state index is 0.147. The van der Waals surface area contributed by atoms with Crippen molar-refractivity contribution in [1.29, 1.82) is 0 Å². The highest BCUT2D eigenvalue weighted by Gasteiger charge is 2.23. The molecule has 0 N–H and O–H groups in total. The first kappa shape index (κ1) is 23.4. The number of piperazine rings is 1. The monoisotopic (exact) mass is 481 g/mol. The normalized spacial score (nSPS) is 19.6. The highest BCUT2D eigenvalue weighted by molar-refractivity contribution is 7.71. The van der Waals surface area contributed by atoms with Gasteiger partial charge in [-0.2, -0.15) is 5.10 Å². The molecular formula is C26H32FN5OS. The van der Waals surface area contributed by atoms with Crippen molar-refractivity contribution < 1.29 is 9.13 Å². The molecule has 0 bridgehead atoms. The van der Waals surface area contributed by atoms with E-state index in [1.165, 1.54) is 23.3 Å². The van der Waals surface area contributed by atoms with Crippen LogP contribution in [0.4, 0.5) is 4.39 Å². The summed E-state index contributed by atoms with van der Waals surface area (Å²) in [7, 11) is 0. The van der Waals surface area contributed by atoms with Crippen molar-refractivity contribution in [2.45, 2.75) is 45.6 Å². The highest BCUT2D eigenvalue weighted by atomic mass is 32.1. The number of rotatable bonds is 7. The highest BCUT2D eigenvalue weighted by Crippen LogP contribution is 2.23. The van der Waals surface area contributed by atoms with Gasteiger partial charge in [0, 0.05) is 44.9 Å². The lowest BCUT2D eigenvalue weighted by atomic mass is 10.1. The third-order valence-electron chi connectivity index (χ3n) is 6.72. The molecule has 2 aliphatic heterocycles. The Morgan fingerprint density at radius 2 is 1.82 bits per heavy atom. The Morgan fingerprint density at radius 1 is 1.06 bits per heavy atom. The summed E-state index contributed by atoms with van der Waals surface area (Å²) < 4.78 is 24.1. The first-order chi connectivity index (χ1) is 16.5. The van der Waals surface area contributed by atoms with Crippen molar-refractivity contribution in [3.63, 3.8) is 0 Å². The number of aromatic nitrogens is 3. The van der Waals surface area contributed by atoms with Gasteiger partial charge in [0.2, 0.25) is 0 Å². The molecule has 1 unspecified atom stereocenters. The molecule has 1 atom stereocenters. The third-order valence-corrected chi connectivity index (χ3v) is 7.15. The Kier molecular flexibility index (Phi) is 7.20. The second kappa shape index (κ2) is 10.5. The molecule has 3 heterocycles. The maximum atomic E-state index is 13.5. The fourth-order valence-corrected chi connectivity index (χ4v) is 5.11. The molecule has 8 heteroatoms. The van der Waals surface area contributed by atoms with E-state index in [0.29, 0.717) is 18.0 Å². The van der Waals surface area contributed by atoms with Crippen LogP contribution in [0.1, 0.15) is 24.0 Å². The molecule has 0 spiro atoms. The standard InChI is InChI=1S/C26H32FN5OS/c1-20-4-2-5-21(16-20)17-29-11-13-30(14-12-29)19-32-26(34)31(18-24-6-3-15-33-24)25(28-32)22-7-9-23(27)10-8-22/h2,4-5,7-10,16,24H,3,6,11-15,17-19H2,1H3. The Hall–Kier alpha value is -2.39. The first-order valence-corrected chi connectivity index (χ1v) is 12.5. The number of hydrogen-bond donors (Lipinski definition) is 0. The van der Waals surface area contributed by atoms with E-state index < -0.39 is 0 Å². The molecule has 0 saturated carbocycles. The molecule has 0 amide bonds. The van der Waals surface area contributed by atoms with Crippen molar-refractivity contribution in [2.24, 2.45) is 0 Å². The van der Waals surface area contributed by atoms with E-state index in [4.69, 9.17) is 22.1 Å². The molecule has 1 aromatic heterocycles. The van der Waals surface area contributed by atoms with Gasteiger partial charge in [0.1, 0.15) is 5.82 Å². The Labute approximate surface area is 205 Å². The molecule has 0 aliphatic carbocycles. The summed E-state index contributed by atoms with van der Waals surface area (Å²) in [4.78, 5) is 4.91. The number of ether oxygens (including phenoxy) is 1. The van der Waals surface area contributed by atoms with Crippen LogP contribution in [0, 0.1) is 17.5 Å². The van der Waals surface area contributed by atoms with Gasteiger partial charge in [-0.15, -0.1) is 0 Å². The average molecular weight is 482 g/mol. The molecule has 3 aromatic rings. The fraction of sp³-hybridized carbons (Fsp3) is 0.462. The zero-order chi connectivity index (χ0) is 23.5. The van der Waals surface area contributed by atoms with Gasteiger partial charge in [-0.1, -0.05) is 29.8 Å². The van der Waals surface area contributed by atoms with Gasteiger partial charge in [-0.25, -0.2) is 9.07 Å². The topological polar surface area (TPSA) is 38.5 Å². The van der Waals surface area contributed by atoms with Crippen molar-refractivity contribution in [2.75, 3.05) is 32.8 Å². The van der Waals surface area contributed by atoms with Crippen LogP contribution >= 0.6 is 12.2 Å². The van der Waals surface area contributed by atoms with Gasteiger partial charge in [0.15, 0.2) is 10.6 Å². The zero-order valence-corrected chi connectivity index (χ0v) is 20.5. The van der Waals surface area contributed by atoms with Gasteiger partial charge >= 0.3 is 0 Å². The summed E-state index contributed by atoms with van der Waals surface area (Å²) in [5.41, 5.74) is 3.54. The lowest BCUT2D eigenvalue weighted by Crippen LogP contribution is -2.46. The molecule has 6 nitrogen and oxygen atoms in total. The summed E-state index contributed by atoms with van der Waals surface area (Å²) in [5, 5.41) is 4.88. The molecule has 2 aromatic carbocycles. The zero-order valence-electron chi connectivity index (χ0n) is 19.7. The summed E-state index contributed by atoms with van der Waals surface area (Å²) in [6.07, 6.45) is 2.25. The summed E-state index contributed by atoms with van der Waals surface area (Å²) in [6.45, 7) is 9.23. The lowest BCUT2D eigenvalue weighted by Gasteiger charge is -2.34. The van der Waals surface area contributed by atoms with E-state index in [1.54, 1.807) is 12.1 Å². The largest absolute Gasteiger partial charge is 0.376 e. The number of halogens is 1. The Morgan fingerprint density at radius 3 is 2.53 bits per heavy atom. The van der Waals surface area contributed by atoms with Crippen LogP contribution in [0.25, 0.3) is 11.4 Å². The quantitative estimate of drug-likeness (QED) is 0.465. The van der Waals surface area contributed by atoms with Crippen molar-refractivity contribution in [1.82, 2.24) is 24.1 Å².